The molecular formula is C22H18F3N9O3. The predicted octanol–water partition coefficient (Wildman–Crippen LogP) is 3.17. The zero-order chi connectivity index (χ0) is 26.0. The molecule has 0 amide bonds. The van der Waals surface area contributed by atoms with Crippen molar-refractivity contribution >= 4 is 0 Å². The van der Waals surface area contributed by atoms with Gasteiger partial charge in [-0.15, -0.1) is 5.10 Å². The van der Waals surface area contributed by atoms with Crippen LogP contribution in [-0.4, -0.2) is 52.2 Å². The number of rotatable bonds is 8. The van der Waals surface area contributed by atoms with Gasteiger partial charge in [0.1, 0.15) is 18.7 Å². The molecule has 15 heteroatoms. The largest absolute Gasteiger partial charge is 0.496 e. The second kappa shape index (κ2) is 9.67. The van der Waals surface area contributed by atoms with Gasteiger partial charge in [-0.25, -0.2) is 9.67 Å². The molecule has 0 unspecified atom stereocenters. The molecule has 0 spiro atoms. The maximum absolute atomic E-state index is 12.8. The number of aromatic nitrogens is 9. The van der Waals surface area contributed by atoms with E-state index in [1.807, 2.05) is 12.1 Å². The summed E-state index contributed by atoms with van der Waals surface area (Å²) in [5.41, 5.74) is 1.66. The van der Waals surface area contributed by atoms with Crippen molar-refractivity contribution in [1.82, 2.24) is 45.1 Å². The zero-order valence-corrected chi connectivity index (χ0v) is 19.4. The van der Waals surface area contributed by atoms with Crippen LogP contribution in [0.15, 0.2) is 53.6 Å². The number of hydrogen-bond acceptors (Lipinski definition) is 10. The second-order valence-corrected chi connectivity index (χ2v) is 7.77. The number of aryl methyl sites for hydroxylation is 1. The lowest BCUT2D eigenvalue weighted by molar-refractivity contribution is -0.137. The minimum Gasteiger partial charge on any atom is -0.496 e. The molecule has 0 N–H and O–H groups in total. The Balaban J connectivity index is 1.38. The zero-order valence-electron chi connectivity index (χ0n) is 19.4. The van der Waals surface area contributed by atoms with E-state index in [1.165, 1.54) is 24.3 Å². The molecule has 0 radical (unpaired) electrons. The van der Waals surface area contributed by atoms with Crippen LogP contribution in [0.3, 0.4) is 0 Å². The molecule has 12 nitrogen and oxygen atoms in total. The van der Waals surface area contributed by atoms with Crippen molar-refractivity contribution in [2.45, 2.75) is 19.3 Å². The lowest BCUT2D eigenvalue weighted by atomic mass is 10.1. The molecule has 0 aliphatic carbocycles. The summed E-state index contributed by atoms with van der Waals surface area (Å²) in [7, 11) is 3.22. The second-order valence-electron chi connectivity index (χ2n) is 7.77. The third-order valence-electron chi connectivity index (χ3n) is 5.38. The lowest BCUT2D eigenvalue weighted by Gasteiger charge is -2.09. The quantitative estimate of drug-likeness (QED) is 0.305. The average Bonchev–Trinajstić information content (AvgIpc) is 3.64. The summed E-state index contributed by atoms with van der Waals surface area (Å²) in [6, 6.07) is 7.55. The topological polar surface area (TPSA) is 132 Å². The Labute approximate surface area is 206 Å². The first kappa shape index (κ1) is 23.9. The van der Waals surface area contributed by atoms with Crippen LogP contribution >= 0.6 is 0 Å². The summed E-state index contributed by atoms with van der Waals surface area (Å²) in [5, 5.41) is 19.4. The normalized spacial score (nSPS) is 11.6. The van der Waals surface area contributed by atoms with Gasteiger partial charge in [0.25, 0.3) is 5.89 Å². The third-order valence-corrected chi connectivity index (χ3v) is 5.38. The van der Waals surface area contributed by atoms with E-state index in [0.29, 0.717) is 35.3 Å². The molecule has 37 heavy (non-hydrogen) atoms. The van der Waals surface area contributed by atoms with Gasteiger partial charge >= 0.3 is 6.18 Å². The highest BCUT2D eigenvalue weighted by molar-refractivity contribution is 5.67. The van der Waals surface area contributed by atoms with Crippen LogP contribution in [0.5, 0.6) is 11.6 Å². The third kappa shape index (κ3) is 5.10. The van der Waals surface area contributed by atoms with E-state index in [2.05, 4.69) is 35.7 Å². The number of pyridine rings is 1. The van der Waals surface area contributed by atoms with Gasteiger partial charge in [-0.3, -0.25) is 4.68 Å². The maximum atomic E-state index is 12.8. The molecule has 5 aromatic rings. The highest BCUT2D eigenvalue weighted by atomic mass is 19.4. The van der Waals surface area contributed by atoms with Gasteiger partial charge in [-0.05, 0) is 34.2 Å². The first-order valence-corrected chi connectivity index (χ1v) is 10.7. The van der Waals surface area contributed by atoms with Gasteiger partial charge in [0.15, 0.2) is 0 Å². The summed E-state index contributed by atoms with van der Waals surface area (Å²) in [6.07, 6.45) is -0.735. The number of methoxy groups -OCH3 is 1. The van der Waals surface area contributed by atoms with Crippen LogP contribution < -0.4 is 9.47 Å². The van der Waals surface area contributed by atoms with Crippen molar-refractivity contribution in [3.05, 3.63) is 65.9 Å². The molecule has 4 heterocycles. The van der Waals surface area contributed by atoms with Gasteiger partial charge in [-0.1, -0.05) is 11.2 Å². The fourth-order valence-corrected chi connectivity index (χ4v) is 3.50. The minimum absolute atomic E-state index is 0.0236. The van der Waals surface area contributed by atoms with Crippen LogP contribution in [0.25, 0.3) is 22.8 Å². The van der Waals surface area contributed by atoms with Crippen molar-refractivity contribution in [3.63, 3.8) is 0 Å². The molecule has 0 aliphatic heterocycles. The Morgan fingerprint density at radius 3 is 2.65 bits per heavy atom. The summed E-state index contributed by atoms with van der Waals surface area (Å²) in [5.74, 6) is 1.02. The summed E-state index contributed by atoms with van der Waals surface area (Å²) in [6.45, 7) is 0.378. The van der Waals surface area contributed by atoms with Crippen LogP contribution in [0, 0.1) is 0 Å². The van der Waals surface area contributed by atoms with E-state index in [-0.39, 0.29) is 24.2 Å². The molecule has 0 atom stereocenters. The van der Waals surface area contributed by atoms with Crippen molar-refractivity contribution in [1.29, 1.82) is 0 Å². The van der Waals surface area contributed by atoms with Gasteiger partial charge in [-0.2, -0.15) is 23.3 Å². The van der Waals surface area contributed by atoms with E-state index in [9.17, 15) is 13.2 Å². The molecular weight excluding hydrogens is 495 g/mol. The van der Waals surface area contributed by atoms with Crippen LogP contribution in [-0.2, 0) is 26.4 Å². The first-order valence-electron chi connectivity index (χ1n) is 10.7. The predicted molar refractivity (Wildman–Crippen MR) is 119 cm³/mol. The Kier molecular flexibility index (Phi) is 6.25. The lowest BCUT2D eigenvalue weighted by Crippen LogP contribution is -2.07. The molecule has 190 valence electrons. The Bertz CT molecular complexity index is 1500. The molecule has 0 bridgehead atoms. The average molecular weight is 513 g/mol. The smallest absolute Gasteiger partial charge is 0.417 e. The number of halogens is 3. The fraction of sp³-hybridized carbons (Fsp3) is 0.227. The maximum Gasteiger partial charge on any atom is 0.417 e. The standard InChI is InChI=1S/C22H18F3N9O3/c1-33-17(11-36-19-6-4-14(8-26-19)22(23,24)25)16(9-28-33)21-29-20(30-37-21)15-7-13(3-5-18(15)35-2)10-34-12-27-31-32-34/h3-9,12H,10-11H2,1-2H3. The van der Waals surface area contributed by atoms with Crippen LogP contribution in [0.4, 0.5) is 13.2 Å². The van der Waals surface area contributed by atoms with E-state index < -0.39 is 11.7 Å². The SMILES string of the molecule is COc1ccc(Cn2cnnn2)cc1-c1noc(-c2cnn(C)c2COc2ccc(C(F)(F)F)cn2)n1. The number of hydrogen-bond donors (Lipinski definition) is 0. The number of tetrazole rings is 1. The molecule has 1 aromatic carbocycles. The number of ether oxygens (including phenoxy) is 2. The molecule has 0 saturated heterocycles. The minimum atomic E-state index is -4.48. The molecule has 0 fully saturated rings. The van der Waals surface area contributed by atoms with Crippen LogP contribution in [0.2, 0.25) is 0 Å². The van der Waals surface area contributed by atoms with Gasteiger partial charge < -0.3 is 14.0 Å². The highest BCUT2D eigenvalue weighted by Gasteiger charge is 2.30. The van der Waals surface area contributed by atoms with Crippen LogP contribution in [0.1, 0.15) is 16.8 Å². The van der Waals surface area contributed by atoms with Crippen molar-refractivity contribution < 1.29 is 27.2 Å². The van der Waals surface area contributed by atoms with E-state index in [4.69, 9.17) is 14.0 Å². The Morgan fingerprint density at radius 1 is 1.08 bits per heavy atom. The van der Waals surface area contributed by atoms with Gasteiger partial charge in [0.05, 0.1) is 42.2 Å². The number of benzene rings is 1. The molecule has 5 rings (SSSR count). The van der Waals surface area contributed by atoms with Gasteiger partial charge in [0, 0.05) is 19.3 Å². The van der Waals surface area contributed by atoms with E-state index in [1.54, 1.807) is 17.8 Å². The van der Waals surface area contributed by atoms with Crippen molar-refractivity contribution in [2.75, 3.05) is 7.11 Å². The summed E-state index contributed by atoms with van der Waals surface area (Å²) in [4.78, 5) is 8.23. The summed E-state index contributed by atoms with van der Waals surface area (Å²) < 4.78 is 58.0. The fourth-order valence-electron chi connectivity index (χ4n) is 3.50. The van der Waals surface area contributed by atoms with E-state index >= 15 is 0 Å². The van der Waals surface area contributed by atoms with E-state index in [0.717, 1.165) is 17.7 Å². The number of alkyl halides is 3. The molecule has 0 saturated carbocycles. The van der Waals surface area contributed by atoms with Crippen molar-refractivity contribution in [3.8, 4) is 34.5 Å². The Morgan fingerprint density at radius 2 is 1.95 bits per heavy atom. The first-order chi connectivity index (χ1) is 17.8. The van der Waals surface area contributed by atoms with Gasteiger partial charge in [0.2, 0.25) is 11.7 Å². The van der Waals surface area contributed by atoms with Crippen molar-refractivity contribution in [2.24, 2.45) is 7.05 Å². The summed E-state index contributed by atoms with van der Waals surface area (Å²) >= 11 is 0. The number of nitrogens with zero attached hydrogens (tertiary/aromatic N) is 9. The monoisotopic (exact) mass is 513 g/mol. The highest BCUT2D eigenvalue weighted by Crippen LogP contribution is 2.32. The Hall–Kier alpha value is -4.82. The molecule has 0 aliphatic rings. The molecule has 4 aromatic heterocycles.